The van der Waals surface area contributed by atoms with E-state index < -0.39 is 10.8 Å². The summed E-state index contributed by atoms with van der Waals surface area (Å²) in [4.78, 5) is 25.5. The molecule has 3 aromatic rings. The number of fused-ring (bicyclic) bond motifs is 1. The number of nitro benzene ring substituents is 1. The van der Waals surface area contributed by atoms with Crippen LogP contribution >= 0.6 is 15.9 Å². The van der Waals surface area contributed by atoms with Crippen LogP contribution in [0, 0.1) is 10.1 Å². The lowest BCUT2D eigenvalue weighted by Gasteiger charge is -2.00. The molecule has 0 spiro atoms. The van der Waals surface area contributed by atoms with Crippen LogP contribution in [-0.4, -0.2) is 22.0 Å². The van der Waals surface area contributed by atoms with Crippen molar-refractivity contribution in [2.24, 2.45) is 5.10 Å². The fourth-order valence-corrected chi connectivity index (χ4v) is 2.63. The van der Waals surface area contributed by atoms with Gasteiger partial charge in [-0.3, -0.25) is 14.9 Å². The van der Waals surface area contributed by atoms with Crippen molar-refractivity contribution in [2.75, 3.05) is 0 Å². The number of aromatic amines is 1. The molecule has 8 heteroatoms. The SMILES string of the molecule is O=C(N/N=C\c1c[nH]c2ccc(Br)cc12)c1ccccc1[N+](=O)[O-]. The first-order valence-electron chi connectivity index (χ1n) is 6.90. The van der Waals surface area contributed by atoms with Crippen LogP contribution in [0.2, 0.25) is 0 Å². The van der Waals surface area contributed by atoms with Crippen molar-refractivity contribution in [2.45, 2.75) is 0 Å². The second-order valence-corrected chi connectivity index (χ2v) is 5.82. The third-order valence-corrected chi connectivity index (χ3v) is 3.88. The standard InChI is InChI=1S/C16H11BrN4O3/c17-11-5-6-14-13(7-11)10(8-18-14)9-19-20-16(22)12-3-1-2-4-15(12)21(23)24/h1-9,18H,(H,20,22)/b19-9-. The van der Waals surface area contributed by atoms with Gasteiger partial charge in [-0.1, -0.05) is 28.1 Å². The molecule has 0 atom stereocenters. The Morgan fingerprint density at radius 1 is 1.29 bits per heavy atom. The minimum absolute atomic E-state index is 0.0404. The smallest absolute Gasteiger partial charge is 0.282 e. The van der Waals surface area contributed by atoms with E-state index >= 15 is 0 Å². The molecular weight excluding hydrogens is 376 g/mol. The molecule has 0 fully saturated rings. The maximum absolute atomic E-state index is 12.1. The molecule has 0 saturated heterocycles. The minimum Gasteiger partial charge on any atom is -0.361 e. The molecule has 7 nitrogen and oxygen atoms in total. The highest BCUT2D eigenvalue weighted by Crippen LogP contribution is 2.21. The normalized spacial score (nSPS) is 11.0. The summed E-state index contributed by atoms with van der Waals surface area (Å²) in [6.45, 7) is 0. The van der Waals surface area contributed by atoms with Gasteiger partial charge in [-0.15, -0.1) is 0 Å². The van der Waals surface area contributed by atoms with Gasteiger partial charge >= 0.3 is 0 Å². The number of carbonyl (C=O) groups is 1. The Labute approximate surface area is 144 Å². The highest BCUT2D eigenvalue weighted by Gasteiger charge is 2.18. The van der Waals surface area contributed by atoms with Gasteiger partial charge in [0.05, 0.1) is 11.1 Å². The molecule has 2 N–H and O–H groups in total. The predicted octanol–water partition coefficient (Wildman–Crippen LogP) is 3.60. The molecule has 0 saturated carbocycles. The first kappa shape index (κ1) is 15.9. The molecule has 0 aliphatic rings. The highest BCUT2D eigenvalue weighted by atomic mass is 79.9. The first-order chi connectivity index (χ1) is 11.6. The zero-order valence-corrected chi connectivity index (χ0v) is 13.8. The summed E-state index contributed by atoms with van der Waals surface area (Å²) in [7, 11) is 0. The van der Waals surface area contributed by atoms with E-state index in [0.717, 1.165) is 20.9 Å². The van der Waals surface area contributed by atoms with Gasteiger partial charge in [0.15, 0.2) is 0 Å². The van der Waals surface area contributed by atoms with Crippen molar-refractivity contribution < 1.29 is 9.72 Å². The van der Waals surface area contributed by atoms with E-state index in [1.54, 1.807) is 12.3 Å². The maximum atomic E-state index is 12.1. The summed E-state index contributed by atoms with van der Waals surface area (Å²) in [5.41, 5.74) is 3.73. The van der Waals surface area contributed by atoms with Gasteiger partial charge in [0, 0.05) is 33.2 Å². The maximum Gasteiger partial charge on any atom is 0.282 e. The molecule has 2 aromatic carbocycles. The van der Waals surface area contributed by atoms with E-state index in [9.17, 15) is 14.9 Å². The van der Waals surface area contributed by atoms with Crippen molar-refractivity contribution in [1.29, 1.82) is 0 Å². The van der Waals surface area contributed by atoms with Gasteiger partial charge in [-0.2, -0.15) is 5.10 Å². The Morgan fingerprint density at radius 3 is 2.88 bits per heavy atom. The van der Waals surface area contributed by atoms with Crippen molar-refractivity contribution >= 4 is 44.6 Å². The van der Waals surface area contributed by atoms with Crippen LogP contribution in [0.1, 0.15) is 15.9 Å². The lowest BCUT2D eigenvalue weighted by atomic mass is 10.2. The van der Waals surface area contributed by atoms with Gasteiger partial charge in [0.25, 0.3) is 11.6 Å². The average molecular weight is 387 g/mol. The summed E-state index contributed by atoms with van der Waals surface area (Å²) in [6.07, 6.45) is 3.25. The van der Waals surface area contributed by atoms with Gasteiger partial charge in [0.2, 0.25) is 0 Å². The van der Waals surface area contributed by atoms with Gasteiger partial charge in [-0.25, -0.2) is 5.43 Å². The van der Waals surface area contributed by atoms with E-state index in [4.69, 9.17) is 0 Å². The number of hydrazone groups is 1. The number of hydrogen-bond acceptors (Lipinski definition) is 4. The van der Waals surface area contributed by atoms with E-state index in [2.05, 4.69) is 31.4 Å². The first-order valence-corrected chi connectivity index (χ1v) is 7.69. The minimum atomic E-state index is -0.639. The molecule has 1 aromatic heterocycles. The number of amides is 1. The topological polar surface area (TPSA) is 100 Å². The summed E-state index contributed by atoms with van der Waals surface area (Å²) < 4.78 is 0.924. The summed E-state index contributed by atoms with van der Waals surface area (Å²) in [5, 5.41) is 15.8. The van der Waals surface area contributed by atoms with Crippen LogP contribution in [0.15, 0.2) is 58.2 Å². The Balaban J connectivity index is 1.80. The molecule has 1 amide bonds. The van der Waals surface area contributed by atoms with E-state index in [1.807, 2.05) is 18.2 Å². The molecule has 0 unspecified atom stereocenters. The quantitative estimate of drug-likeness (QED) is 0.406. The Hall–Kier alpha value is -3.00. The van der Waals surface area contributed by atoms with Crippen LogP contribution in [0.25, 0.3) is 10.9 Å². The lowest BCUT2D eigenvalue weighted by molar-refractivity contribution is -0.385. The Morgan fingerprint density at radius 2 is 2.08 bits per heavy atom. The number of nitrogens with one attached hydrogen (secondary N) is 2. The van der Waals surface area contributed by atoms with Crippen LogP contribution in [0.4, 0.5) is 5.69 Å². The molecule has 0 bridgehead atoms. The van der Waals surface area contributed by atoms with Crippen LogP contribution < -0.4 is 5.43 Å². The Bertz CT molecular complexity index is 965. The molecule has 24 heavy (non-hydrogen) atoms. The van der Waals surface area contributed by atoms with E-state index in [1.165, 1.54) is 24.4 Å². The number of rotatable bonds is 4. The largest absolute Gasteiger partial charge is 0.361 e. The molecule has 0 aliphatic heterocycles. The Kier molecular flexibility index (Phi) is 4.39. The van der Waals surface area contributed by atoms with Crippen molar-refractivity contribution in [3.05, 3.63) is 74.4 Å². The van der Waals surface area contributed by atoms with E-state index in [-0.39, 0.29) is 11.3 Å². The zero-order valence-electron chi connectivity index (χ0n) is 12.2. The summed E-state index contributed by atoms with van der Waals surface area (Å²) in [5.74, 6) is -0.639. The molecule has 0 radical (unpaired) electrons. The third-order valence-electron chi connectivity index (χ3n) is 3.39. The molecule has 1 heterocycles. The van der Waals surface area contributed by atoms with Gasteiger partial charge < -0.3 is 4.98 Å². The average Bonchev–Trinajstić information content (AvgIpc) is 2.97. The fraction of sp³-hybridized carbons (Fsp3) is 0. The summed E-state index contributed by atoms with van der Waals surface area (Å²) >= 11 is 3.40. The number of nitro groups is 1. The lowest BCUT2D eigenvalue weighted by Crippen LogP contribution is -2.18. The van der Waals surface area contributed by atoms with Crippen LogP contribution in [-0.2, 0) is 0 Å². The zero-order chi connectivity index (χ0) is 17.1. The third kappa shape index (κ3) is 3.18. The monoisotopic (exact) mass is 386 g/mol. The van der Waals surface area contributed by atoms with Crippen molar-refractivity contribution in [3.8, 4) is 0 Å². The number of halogens is 1. The van der Waals surface area contributed by atoms with Crippen LogP contribution in [0.3, 0.4) is 0 Å². The summed E-state index contributed by atoms with van der Waals surface area (Å²) in [6, 6.07) is 11.5. The molecule has 0 aliphatic carbocycles. The van der Waals surface area contributed by atoms with Crippen molar-refractivity contribution in [1.82, 2.24) is 10.4 Å². The number of H-pyrrole nitrogens is 1. The van der Waals surface area contributed by atoms with Crippen LogP contribution in [0.5, 0.6) is 0 Å². The second-order valence-electron chi connectivity index (χ2n) is 4.91. The number of nitrogens with zero attached hydrogens (tertiary/aromatic N) is 2. The molecule has 120 valence electrons. The number of benzene rings is 2. The van der Waals surface area contributed by atoms with Gasteiger partial charge in [0.1, 0.15) is 5.56 Å². The number of carbonyl (C=O) groups excluding carboxylic acids is 1. The van der Waals surface area contributed by atoms with Gasteiger partial charge in [-0.05, 0) is 24.3 Å². The molecular formula is C16H11BrN4O3. The molecule has 3 rings (SSSR count). The van der Waals surface area contributed by atoms with Crippen molar-refractivity contribution in [3.63, 3.8) is 0 Å². The van der Waals surface area contributed by atoms with E-state index in [0.29, 0.717) is 0 Å². The predicted molar refractivity (Wildman–Crippen MR) is 94.2 cm³/mol. The number of para-hydroxylation sites is 1. The highest BCUT2D eigenvalue weighted by molar-refractivity contribution is 9.10. The second kappa shape index (κ2) is 6.63. The fourth-order valence-electron chi connectivity index (χ4n) is 2.27. The number of aromatic nitrogens is 1. The number of hydrogen-bond donors (Lipinski definition) is 2.